The zero-order valence-corrected chi connectivity index (χ0v) is 21.1. The van der Waals surface area contributed by atoms with E-state index in [-0.39, 0.29) is 22.5 Å². The van der Waals surface area contributed by atoms with Crippen molar-refractivity contribution in [3.05, 3.63) is 118 Å². The molecule has 0 atom stereocenters. The number of amides is 2. The number of halogens is 2. The molecule has 0 aliphatic carbocycles. The molecular formula is C29H19Cl2N3O4. The average molecular weight is 544 g/mol. The summed E-state index contributed by atoms with van der Waals surface area (Å²) in [5.41, 5.74) is 2.79. The minimum Gasteiger partial charge on any atom is -0.478 e. The van der Waals surface area contributed by atoms with Gasteiger partial charge in [0.2, 0.25) is 0 Å². The molecule has 4 N–H and O–H groups in total. The molecule has 5 rings (SSSR count). The number of aromatic carboxylic acids is 1. The highest BCUT2D eigenvalue weighted by atomic mass is 35.5. The SMILES string of the molecule is O=C(Nc1ccc(Cl)cc1)c1ccc(NC(=O)c2[nH]c3ccc(Cl)cc3c2-c2ccccc2)c(C(=O)O)c1. The van der Waals surface area contributed by atoms with Gasteiger partial charge in [0.15, 0.2) is 0 Å². The summed E-state index contributed by atoms with van der Waals surface area (Å²) in [7, 11) is 0. The van der Waals surface area contributed by atoms with Crippen molar-refractivity contribution in [3.63, 3.8) is 0 Å². The van der Waals surface area contributed by atoms with Crippen molar-refractivity contribution in [1.29, 1.82) is 0 Å². The lowest BCUT2D eigenvalue weighted by atomic mass is 10.0. The fourth-order valence-electron chi connectivity index (χ4n) is 4.13. The number of carbonyl (C=O) groups excluding carboxylic acids is 2. The second kappa shape index (κ2) is 10.4. The van der Waals surface area contributed by atoms with Crippen LogP contribution in [0.1, 0.15) is 31.2 Å². The first-order valence-electron chi connectivity index (χ1n) is 11.4. The second-order valence-corrected chi connectivity index (χ2v) is 9.28. The van der Waals surface area contributed by atoms with E-state index in [1.807, 2.05) is 30.3 Å². The third kappa shape index (κ3) is 5.11. The molecule has 0 radical (unpaired) electrons. The molecule has 4 aromatic carbocycles. The molecule has 0 bridgehead atoms. The Kier molecular flexibility index (Phi) is 6.87. The summed E-state index contributed by atoms with van der Waals surface area (Å²) in [6.07, 6.45) is 0. The number of hydrogen-bond acceptors (Lipinski definition) is 3. The third-order valence-electron chi connectivity index (χ3n) is 5.91. The number of H-pyrrole nitrogens is 1. The standard InChI is InChI=1S/C29H19Cl2N3O4/c30-18-7-10-20(11-8-18)32-27(35)17-6-12-24(22(14-17)29(37)38)34-28(36)26-25(16-4-2-1-3-5-16)21-15-19(31)9-13-23(21)33-26/h1-15,33H,(H,32,35)(H,34,36)(H,37,38). The maximum absolute atomic E-state index is 13.5. The number of benzene rings is 4. The van der Waals surface area contributed by atoms with Gasteiger partial charge in [0.25, 0.3) is 11.8 Å². The van der Waals surface area contributed by atoms with Crippen molar-refractivity contribution in [2.24, 2.45) is 0 Å². The summed E-state index contributed by atoms with van der Waals surface area (Å²) < 4.78 is 0. The molecule has 5 aromatic rings. The Morgan fingerprint density at radius 2 is 1.45 bits per heavy atom. The van der Waals surface area contributed by atoms with Crippen LogP contribution in [0.2, 0.25) is 10.0 Å². The molecular weight excluding hydrogens is 525 g/mol. The Morgan fingerprint density at radius 1 is 0.737 bits per heavy atom. The Bertz CT molecular complexity index is 1700. The van der Waals surface area contributed by atoms with Crippen molar-refractivity contribution in [2.45, 2.75) is 0 Å². The van der Waals surface area contributed by atoms with E-state index in [4.69, 9.17) is 23.2 Å². The van der Waals surface area contributed by atoms with Crippen LogP contribution in [0.25, 0.3) is 22.0 Å². The Labute approximate surface area is 227 Å². The largest absolute Gasteiger partial charge is 0.478 e. The lowest BCUT2D eigenvalue weighted by Crippen LogP contribution is -2.18. The minimum atomic E-state index is -1.30. The van der Waals surface area contributed by atoms with E-state index in [1.165, 1.54) is 18.2 Å². The topological polar surface area (TPSA) is 111 Å². The first-order chi connectivity index (χ1) is 18.3. The summed E-state index contributed by atoms with van der Waals surface area (Å²) >= 11 is 12.1. The number of carboxylic acids is 1. The van der Waals surface area contributed by atoms with Crippen molar-refractivity contribution in [1.82, 2.24) is 4.98 Å². The quantitative estimate of drug-likeness (QED) is 0.179. The van der Waals surface area contributed by atoms with Crippen LogP contribution in [0.5, 0.6) is 0 Å². The van der Waals surface area contributed by atoms with Gasteiger partial charge in [-0.1, -0.05) is 53.5 Å². The minimum absolute atomic E-state index is 0.0428. The van der Waals surface area contributed by atoms with Gasteiger partial charge in [-0.05, 0) is 66.2 Å². The Morgan fingerprint density at radius 3 is 2.16 bits per heavy atom. The van der Waals surface area contributed by atoms with Crippen molar-refractivity contribution in [2.75, 3.05) is 10.6 Å². The molecule has 0 fully saturated rings. The van der Waals surface area contributed by atoms with Crippen LogP contribution in [-0.2, 0) is 0 Å². The van der Waals surface area contributed by atoms with E-state index in [1.54, 1.807) is 42.5 Å². The third-order valence-corrected chi connectivity index (χ3v) is 6.40. The van der Waals surface area contributed by atoms with Crippen molar-refractivity contribution in [3.8, 4) is 11.1 Å². The van der Waals surface area contributed by atoms with Gasteiger partial charge in [-0.15, -0.1) is 0 Å². The van der Waals surface area contributed by atoms with Crippen LogP contribution >= 0.6 is 23.2 Å². The average Bonchev–Trinajstić information content (AvgIpc) is 3.29. The summed E-state index contributed by atoms with van der Waals surface area (Å²) in [6.45, 7) is 0. The van der Waals surface area contributed by atoms with Crippen LogP contribution in [0.4, 0.5) is 11.4 Å². The van der Waals surface area contributed by atoms with E-state index >= 15 is 0 Å². The van der Waals surface area contributed by atoms with Gasteiger partial charge in [-0.3, -0.25) is 9.59 Å². The molecule has 9 heteroatoms. The van der Waals surface area contributed by atoms with Gasteiger partial charge in [0.1, 0.15) is 5.69 Å². The fourth-order valence-corrected chi connectivity index (χ4v) is 4.43. The normalized spacial score (nSPS) is 10.8. The molecule has 7 nitrogen and oxygen atoms in total. The zero-order valence-electron chi connectivity index (χ0n) is 19.6. The number of hydrogen-bond donors (Lipinski definition) is 4. The summed E-state index contributed by atoms with van der Waals surface area (Å²) in [4.78, 5) is 41.4. The number of aromatic amines is 1. The van der Waals surface area contributed by atoms with Crippen LogP contribution in [0, 0.1) is 0 Å². The van der Waals surface area contributed by atoms with Gasteiger partial charge >= 0.3 is 5.97 Å². The van der Waals surface area contributed by atoms with Crippen LogP contribution in [0.15, 0.2) is 91.0 Å². The molecule has 1 aromatic heterocycles. The van der Waals surface area contributed by atoms with Crippen molar-refractivity contribution >= 4 is 63.3 Å². The van der Waals surface area contributed by atoms with E-state index in [0.29, 0.717) is 26.8 Å². The summed E-state index contributed by atoms with van der Waals surface area (Å²) in [5.74, 6) is -2.35. The monoisotopic (exact) mass is 543 g/mol. The number of nitrogens with one attached hydrogen (secondary N) is 3. The Balaban J connectivity index is 1.48. The summed E-state index contributed by atoms with van der Waals surface area (Å²) in [5, 5.41) is 17.0. The molecule has 0 saturated carbocycles. The highest BCUT2D eigenvalue weighted by Crippen LogP contribution is 2.34. The maximum Gasteiger partial charge on any atom is 0.337 e. The van der Waals surface area contributed by atoms with Crippen LogP contribution < -0.4 is 10.6 Å². The Hall–Kier alpha value is -4.59. The number of fused-ring (bicyclic) bond motifs is 1. The summed E-state index contributed by atoms with van der Waals surface area (Å²) in [6, 6.07) is 25.1. The van der Waals surface area contributed by atoms with Crippen LogP contribution in [-0.4, -0.2) is 27.9 Å². The number of carbonyl (C=O) groups is 3. The van der Waals surface area contributed by atoms with Gasteiger partial charge in [0, 0.05) is 37.8 Å². The van der Waals surface area contributed by atoms with E-state index in [2.05, 4.69) is 15.6 Å². The molecule has 38 heavy (non-hydrogen) atoms. The molecule has 0 aliphatic rings. The van der Waals surface area contributed by atoms with Gasteiger partial charge in [-0.2, -0.15) is 0 Å². The predicted octanol–water partition coefficient (Wildman–Crippen LogP) is 7.34. The predicted molar refractivity (Wildman–Crippen MR) is 150 cm³/mol. The highest BCUT2D eigenvalue weighted by Gasteiger charge is 2.22. The lowest BCUT2D eigenvalue weighted by molar-refractivity contribution is 0.0698. The molecule has 188 valence electrons. The molecule has 0 unspecified atom stereocenters. The second-order valence-electron chi connectivity index (χ2n) is 8.41. The van der Waals surface area contributed by atoms with Gasteiger partial charge < -0.3 is 20.7 Å². The van der Waals surface area contributed by atoms with Crippen LogP contribution in [0.3, 0.4) is 0 Å². The van der Waals surface area contributed by atoms with Gasteiger partial charge in [-0.25, -0.2) is 4.79 Å². The molecule has 0 saturated heterocycles. The molecule has 2 amide bonds. The highest BCUT2D eigenvalue weighted by molar-refractivity contribution is 6.32. The van der Waals surface area contributed by atoms with E-state index < -0.39 is 17.8 Å². The maximum atomic E-state index is 13.5. The first kappa shape index (κ1) is 25.1. The zero-order chi connectivity index (χ0) is 26.8. The molecule has 1 heterocycles. The molecule has 0 spiro atoms. The first-order valence-corrected chi connectivity index (χ1v) is 12.2. The number of rotatable bonds is 6. The number of aromatic nitrogens is 1. The fraction of sp³-hybridized carbons (Fsp3) is 0. The smallest absolute Gasteiger partial charge is 0.337 e. The number of anilines is 2. The van der Waals surface area contributed by atoms with Crippen molar-refractivity contribution < 1.29 is 19.5 Å². The van der Waals surface area contributed by atoms with Gasteiger partial charge in [0.05, 0.1) is 11.3 Å². The molecule has 0 aliphatic heterocycles. The lowest BCUT2D eigenvalue weighted by Gasteiger charge is -2.12. The van der Waals surface area contributed by atoms with E-state index in [9.17, 15) is 19.5 Å². The number of carboxylic acid groups (broad SMARTS) is 1. The van der Waals surface area contributed by atoms with E-state index in [0.717, 1.165) is 10.9 Å².